The van der Waals surface area contributed by atoms with Crippen molar-refractivity contribution in [3.8, 4) is 0 Å². The number of urea groups is 1. The van der Waals surface area contributed by atoms with E-state index in [0.717, 1.165) is 70.5 Å². The Hall–Kier alpha value is -0.00364. The number of aryl methyl sites for hydroxylation is 2. The summed E-state index contributed by atoms with van der Waals surface area (Å²) in [6, 6.07) is 1.96. The smallest absolute Gasteiger partial charge is 0.423 e. The van der Waals surface area contributed by atoms with Gasteiger partial charge in [0, 0.05) is 0 Å². The van der Waals surface area contributed by atoms with E-state index in [0.29, 0.717) is 18.9 Å². The zero-order chi connectivity index (χ0) is 20.0. The predicted octanol–water partition coefficient (Wildman–Crippen LogP) is -0.233. The molecule has 0 aromatic heterocycles. The van der Waals surface area contributed by atoms with Crippen LogP contribution in [-0.2, 0) is 40.4 Å². The third kappa shape index (κ3) is 4.55. The molecule has 0 atom stereocenters. The van der Waals surface area contributed by atoms with Crippen LogP contribution in [0.5, 0.6) is 0 Å². The summed E-state index contributed by atoms with van der Waals surface area (Å²) in [5.74, 6) is 0. The SMILES string of the molecule is O=C([N-]S(=O)(=O)C1CCN(C2COC2)CC1)Nc1c2c(cc3c1CCC3)CCC2.[K+]. The molecule has 1 aromatic rings. The van der Waals surface area contributed by atoms with Crippen molar-refractivity contribution >= 4 is 21.7 Å². The van der Waals surface area contributed by atoms with Gasteiger partial charge in [0.15, 0.2) is 16.1 Å². The number of benzene rings is 1. The summed E-state index contributed by atoms with van der Waals surface area (Å²) in [6.07, 6.45) is 7.15. The number of ether oxygens (including phenoxy) is 1. The van der Waals surface area contributed by atoms with Gasteiger partial charge in [-0.25, -0.2) is 8.42 Å². The number of sulfonamides is 1. The molecule has 9 heteroatoms. The summed E-state index contributed by atoms with van der Waals surface area (Å²) in [7, 11) is -3.81. The maximum atomic E-state index is 12.7. The van der Waals surface area contributed by atoms with E-state index >= 15 is 0 Å². The van der Waals surface area contributed by atoms with Crippen molar-refractivity contribution in [3.05, 3.63) is 33.0 Å². The Kier molecular flexibility index (Phi) is 7.31. The zero-order valence-electron chi connectivity index (χ0n) is 17.7. The van der Waals surface area contributed by atoms with Gasteiger partial charge in [-0.15, -0.1) is 0 Å². The molecule has 7 nitrogen and oxygen atoms in total. The van der Waals surface area contributed by atoms with Crippen molar-refractivity contribution in [2.45, 2.75) is 62.7 Å². The van der Waals surface area contributed by atoms with Gasteiger partial charge in [-0.05, 0) is 92.4 Å². The van der Waals surface area contributed by atoms with Crippen LogP contribution in [0.1, 0.15) is 47.9 Å². The molecule has 2 heterocycles. The number of hydrogen-bond acceptors (Lipinski definition) is 5. The first-order valence-electron chi connectivity index (χ1n) is 10.8. The van der Waals surface area contributed by atoms with Gasteiger partial charge in [-0.2, -0.15) is 0 Å². The van der Waals surface area contributed by atoms with E-state index in [1.54, 1.807) is 0 Å². The molecular weight excluding hydrogens is 429 g/mol. The summed E-state index contributed by atoms with van der Waals surface area (Å²) in [5.41, 5.74) is 5.81. The van der Waals surface area contributed by atoms with Gasteiger partial charge >= 0.3 is 51.4 Å². The van der Waals surface area contributed by atoms with Crippen LogP contribution in [0.4, 0.5) is 10.5 Å². The average molecular weight is 458 g/mol. The van der Waals surface area contributed by atoms with Gasteiger partial charge in [0.1, 0.15) is 0 Å². The Balaban J connectivity index is 0.00000218. The maximum absolute atomic E-state index is 12.7. The monoisotopic (exact) mass is 457 g/mol. The number of amides is 2. The van der Waals surface area contributed by atoms with E-state index in [9.17, 15) is 13.2 Å². The van der Waals surface area contributed by atoms with Crippen LogP contribution in [-0.4, -0.2) is 56.9 Å². The fourth-order valence-electron chi connectivity index (χ4n) is 5.26. The minimum atomic E-state index is -3.81. The molecule has 0 bridgehead atoms. The molecule has 0 spiro atoms. The van der Waals surface area contributed by atoms with Crippen LogP contribution in [0.15, 0.2) is 6.07 Å². The standard InChI is InChI=1S/C21H29N3O4S.K/c25-21(22-20-18-5-1-3-14(18)11-15-4-2-6-19(15)20)23-29(26,27)17-7-9-24(10-8-17)16-12-28-13-16;/h11,16-17H,1-10,12-13H2,(H2,22,23,25);/q;+1/p-1. The van der Waals surface area contributed by atoms with Gasteiger partial charge in [0.05, 0.1) is 24.5 Å². The molecule has 30 heavy (non-hydrogen) atoms. The van der Waals surface area contributed by atoms with Gasteiger partial charge in [0.25, 0.3) is 0 Å². The summed E-state index contributed by atoms with van der Waals surface area (Å²) >= 11 is 0. The molecule has 4 aliphatic rings. The number of carbonyl (C=O) groups excluding carboxylic acids is 1. The van der Waals surface area contributed by atoms with E-state index in [2.05, 4.69) is 21.0 Å². The number of nitrogens with one attached hydrogen (secondary N) is 1. The molecule has 1 N–H and O–H groups in total. The fourth-order valence-corrected chi connectivity index (χ4v) is 6.49. The van der Waals surface area contributed by atoms with E-state index in [1.807, 2.05) is 0 Å². The summed E-state index contributed by atoms with van der Waals surface area (Å²) in [5, 5.41) is 2.30. The molecule has 0 radical (unpaired) electrons. The topological polar surface area (TPSA) is 89.8 Å². The zero-order valence-corrected chi connectivity index (χ0v) is 21.6. The molecule has 2 aliphatic heterocycles. The quantitative estimate of drug-likeness (QED) is 0.631. The molecule has 5 rings (SSSR count). The van der Waals surface area contributed by atoms with Gasteiger partial charge < -0.3 is 14.8 Å². The van der Waals surface area contributed by atoms with Crippen molar-refractivity contribution in [1.29, 1.82) is 0 Å². The van der Waals surface area contributed by atoms with Crippen molar-refractivity contribution in [2.75, 3.05) is 31.6 Å². The summed E-state index contributed by atoms with van der Waals surface area (Å²) in [4.78, 5) is 14.9. The van der Waals surface area contributed by atoms with Gasteiger partial charge in [-0.3, -0.25) is 9.69 Å². The van der Waals surface area contributed by atoms with E-state index < -0.39 is 21.3 Å². The van der Waals surface area contributed by atoms with E-state index in [1.165, 1.54) is 22.3 Å². The van der Waals surface area contributed by atoms with Crippen LogP contribution in [0, 0.1) is 0 Å². The predicted molar refractivity (Wildman–Crippen MR) is 111 cm³/mol. The van der Waals surface area contributed by atoms with E-state index in [4.69, 9.17) is 4.74 Å². The largest absolute Gasteiger partial charge is 1.00 e. The summed E-state index contributed by atoms with van der Waals surface area (Å²) in [6.45, 7) is 2.90. The Morgan fingerprint density at radius 2 is 1.63 bits per heavy atom. The van der Waals surface area contributed by atoms with Crippen molar-refractivity contribution < 1.29 is 69.3 Å². The Labute approximate surface area is 221 Å². The molecule has 2 fully saturated rings. The molecular formula is C21H28KN3O4S. The number of fused-ring (bicyclic) bond motifs is 2. The van der Waals surface area contributed by atoms with Gasteiger partial charge in [-0.1, -0.05) is 6.07 Å². The third-order valence-corrected chi connectivity index (χ3v) is 8.68. The maximum Gasteiger partial charge on any atom is 1.00 e. The number of nitrogens with zero attached hydrogens (tertiary/aromatic N) is 2. The first-order chi connectivity index (χ1) is 14.0. The molecule has 2 saturated heterocycles. The Morgan fingerprint density at radius 1 is 1.03 bits per heavy atom. The number of likely N-dealkylation sites (tertiary alicyclic amines) is 1. The molecule has 158 valence electrons. The van der Waals surface area contributed by atoms with Crippen LogP contribution < -0.4 is 56.7 Å². The van der Waals surface area contributed by atoms with Crippen molar-refractivity contribution in [2.24, 2.45) is 0 Å². The van der Waals surface area contributed by atoms with Crippen LogP contribution in [0.25, 0.3) is 4.72 Å². The molecule has 2 aliphatic carbocycles. The number of anilines is 1. The molecule has 0 unspecified atom stereocenters. The second-order valence-electron chi connectivity index (χ2n) is 8.70. The van der Waals surface area contributed by atoms with Crippen LogP contribution in [0.3, 0.4) is 0 Å². The second kappa shape index (κ2) is 9.47. The molecule has 1 aromatic carbocycles. The number of hydrogen-bond donors (Lipinski definition) is 1. The normalized spacial score (nSPS) is 22.0. The molecule has 0 saturated carbocycles. The first kappa shape index (κ1) is 23.2. The minimum Gasteiger partial charge on any atom is -0.423 e. The average Bonchev–Trinajstić information content (AvgIpc) is 3.29. The van der Waals surface area contributed by atoms with Crippen molar-refractivity contribution in [1.82, 2.24) is 4.90 Å². The first-order valence-corrected chi connectivity index (χ1v) is 12.3. The third-order valence-electron chi connectivity index (χ3n) is 6.95. The van der Waals surface area contributed by atoms with Crippen molar-refractivity contribution in [3.63, 3.8) is 0 Å². The number of piperidine rings is 1. The fraction of sp³-hybridized carbons (Fsp3) is 0.667. The Morgan fingerprint density at radius 3 is 2.17 bits per heavy atom. The Bertz CT molecular complexity index is 892. The van der Waals surface area contributed by atoms with Crippen LogP contribution >= 0.6 is 0 Å². The second-order valence-corrected chi connectivity index (χ2v) is 10.6. The van der Waals surface area contributed by atoms with E-state index in [-0.39, 0.29) is 51.4 Å². The minimum absolute atomic E-state index is 0. The summed E-state index contributed by atoms with van der Waals surface area (Å²) < 4.78 is 34.4. The van der Waals surface area contributed by atoms with Crippen LogP contribution in [0.2, 0.25) is 0 Å². The number of carbonyl (C=O) groups is 1. The number of rotatable bonds is 4. The van der Waals surface area contributed by atoms with Gasteiger partial charge in [0.2, 0.25) is 0 Å². The molecule has 2 amide bonds.